The third kappa shape index (κ3) is 2.73. The van der Waals surface area contributed by atoms with Crippen LogP contribution in [0.4, 0.5) is 15.8 Å². The fourth-order valence-corrected chi connectivity index (χ4v) is 1.16. The van der Waals surface area contributed by atoms with Crippen LogP contribution in [-0.2, 0) is 4.79 Å². The molecular formula is C9H11ClFN3O. The van der Waals surface area contributed by atoms with Crippen LogP contribution in [-0.4, -0.2) is 11.9 Å². The van der Waals surface area contributed by atoms with Crippen molar-refractivity contribution in [3.05, 3.63) is 23.0 Å². The molecule has 0 aliphatic carbocycles. The molecule has 0 fully saturated rings. The maximum Gasteiger partial charge on any atom is 0.239 e. The summed E-state index contributed by atoms with van der Waals surface area (Å²) < 4.78 is 13.1. The van der Waals surface area contributed by atoms with E-state index in [0.29, 0.717) is 5.69 Å². The SMILES string of the molecule is CC(Nc1cc(F)c(Cl)cc1N)C(N)=O. The van der Waals surface area contributed by atoms with Gasteiger partial charge in [0, 0.05) is 6.07 Å². The van der Waals surface area contributed by atoms with Crippen molar-refractivity contribution in [2.45, 2.75) is 13.0 Å². The monoisotopic (exact) mass is 231 g/mol. The predicted octanol–water partition coefficient (Wildman–Crippen LogP) is 1.35. The summed E-state index contributed by atoms with van der Waals surface area (Å²) in [6.45, 7) is 1.55. The van der Waals surface area contributed by atoms with E-state index in [-0.39, 0.29) is 10.7 Å². The van der Waals surface area contributed by atoms with E-state index in [0.717, 1.165) is 6.07 Å². The van der Waals surface area contributed by atoms with Gasteiger partial charge in [0.25, 0.3) is 0 Å². The molecule has 0 spiro atoms. The molecule has 0 aliphatic rings. The van der Waals surface area contributed by atoms with Crippen molar-refractivity contribution in [3.8, 4) is 0 Å². The van der Waals surface area contributed by atoms with Crippen molar-refractivity contribution in [1.82, 2.24) is 0 Å². The predicted molar refractivity (Wildman–Crippen MR) is 58.1 cm³/mol. The van der Waals surface area contributed by atoms with Crippen molar-refractivity contribution in [2.24, 2.45) is 5.73 Å². The third-order valence-electron chi connectivity index (χ3n) is 1.89. The number of hydrogen-bond acceptors (Lipinski definition) is 3. The number of carbonyl (C=O) groups excluding carboxylic acids is 1. The van der Waals surface area contributed by atoms with Gasteiger partial charge in [0.15, 0.2) is 0 Å². The average molecular weight is 232 g/mol. The summed E-state index contributed by atoms with van der Waals surface area (Å²) >= 11 is 5.51. The summed E-state index contributed by atoms with van der Waals surface area (Å²) in [5.74, 6) is -1.16. The van der Waals surface area contributed by atoms with Crippen molar-refractivity contribution in [3.63, 3.8) is 0 Å². The lowest BCUT2D eigenvalue weighted by Gasteiger charge is -2.14. The molecule has 0 radical (unpaired) electrons. The number of rotatable bonds is 3. The van der Waals surface area contributed by atoms with Gasteiger partial charge in [-0.05, 0) is 13.0 Å². The molecule has 6 heteroatoms. The number of benzene rings is 1. The number of primary amides is 1. The van der Waals surface area contributed by atoms with Gasteiger partial charge < -0.3 is 16.8 Å². The standard InChI is InChI=1S/C9H11ClFN3O/c1-4(9(13)15)14-8-3-6(11)5(10)2-7(8)12/h2-4,14H,12H2,1H3,(H2,13,15). The van der Waals surface area contributed by atoms with E-state index in [1.165, 1.54) is 6.07 Å². The molecule has 1 aromatic rings. The van der Waals surface area contributed by atoms with Gasteiger partial charge in [0.2, 0.25) is 5.91 Å². The normalized spacial score (nSPS) is 12.2. The molecule has 0 bridgehead atoms. The lowest BCUT2D eigenvalue weighted by molar-refractivity contribution is -0.118. The number of nitrogens with two attached hydrogens (primary N) is 2. The molecule has 0 heterocycles. The second-order valence-corrected chi connectivity index (χ2v) is 3.53. The van der Waals surface area contributed by atoms with Gasteiger partial charge in [0.05, 0.1) is 16.4 Å². The Balaban J connectivity index is 2.95. The van der Waals surface area contributed by atoms with E-state index < -0.39 is 17.8 Å². The highest BCUT2D eigenvalue weighted by Gasteiger charge is 2.12. The van der Waals surface area contributed by atoms with Crippen LogP contribution in [0.15, 0.2) is 12.1 Å². The van der Waals surface area contributed by atoms with E-state index in [4.69, 9.17) is 23.1 Å². The zero-order valence-electron chi connectivity index (χ0n) is 8.05. The largest absolute Gasteiger partial charge is 0.397 e. The first-order chi connectivity index (χ1) is 6.91. The van der Waals surface area contributed by atoms with Crippen LogP contribution in [0.25, 0.3) is 0 Å². The van der Waals surface area contributed by atoms with E-state index in [1.54, 1.807) is 6.92 Å². The molecule has 1 aromatic carbocycles. The van der Waals surface area contributed by atoms with Crippen LogP contribution >= 0.6 is 11.6 Å². The first-order valence-electron chi connectivity index (χ1n) is 4.22. The van der Waals surface area contributed by atoms with E-state index in [1.807, 2.05) is 0 Å². The van der Waals surface area contributed by atoms with Crippen LogP contribution < -0.4 is 16.8 Å². The molecule has 0 saturated heterocycles. The van der Waals surface area contributed by atoms with Gasteiger partial charge in [-0.15, -0.1) is 0 Å². The van der Waals surface area contributed by atoms with Gasteiger partial charge in [0.1, 0.15) is 11.9 Å². The minimum absolute atomic E-state index is 0.0650. The lowest BCUT2D eigenvalue weighted by atomic mass is 10.2. The highest BCUT2D eigenvalue weighted by molar-refractivity contribution is 6.31. The van der Waals surface area contributed by atoms with Gasteiger partial charge in [-0.25, -0.2) is 4.39 Å². The first kappa shape index (κ1) is 11.6. The molecule has 15 heavy (non-hydrogen) atoms. The van der Waals surface area contributed by atoms with Crippen LogP contribution in [0.1, 0.15) is 6.92 Å². The summed E-state index contributed by atoms with van der Waals surface area (Å²) in [7, 11) is 0. The first-order valence-corrected chi connectivity index (χ1v) is 4.60. The van der Waals surface area contributed by atoms with Crippen molar-refractivity contribution >= 4 is 28.9 Å². The number of halogens is 2. The topological polar surface area (TPSA) is 81.1 Å². The molecule has 1 amide bonds. The fraction of sp³-hybridized carbons (Fsp3) is 0.222. The molecule has 5 N–H and O–H groups in total. The highest BCUT2D eigenvalue weighted by Crippen LogP contribution is 2.26. The second kappa shape index (κ2) is 4.35. The van der Waals surface area contributed by atoms with E-state index >= 15 is 0 Å². The lowest BCUT2D eigenvalue weighted by Crippen LogP contribution is -2.32. The Bertz CT molecular complexity index is 397. The molecular weight excluding hydrogens is 221 g/mol. The minimum Gasteiger partial charge on any atom is -0.397 e. The number of anilines is 2. The van der Waals surface area contributed by atoms with Crippen molar-refractivity contribution < 1.29 is 9.18 Å². The molecule has 1 atom stereocenters. The van der Waals surface area contributed by atoms with Crippen LogP contribution in [0.2, 0.25) is 5.02 Å². The Morgan fingerprint density at radius 2 is 2.20 bits per heavy atom. The van der Waals surface area contributed by atoms with Crippen molar-refractivity contribution in [2.75, 3.05) is 11.1 Å². The molecule has 4 nitrogen and oxygen atoms in total. The number of amides is 1. The van der Waals surface area contributed by atoms with E-state index in [9.17, 15) is 9.18 Å². The summed E-state index contributed by atoms with van der Waals surface area (Å²) in [6.07, 6.45) is 0. The Kier molecular flexibility index (Phi) is 3.36. The van der Waals surface area contributed by atoms with E-state index in [2.05, 4.69) is 5.32 Å². The Morgan fingerprint density at radius 3 is 2.73 bits per heavy atom. The average Bonchev–Trinajstić information content (AvgIpc) is 2.13. The molecule has 0 saturated carbocycles. The summed E-state index contributed by atoms with van der Waals surface area (Å²) in [6, 6.07) is 1.76. The highest BCUT2D eigenvalue weighted by atomic mass is 35.5. The number of hydrogen-bond donors (Lipinski definition) is 3. The summed E-state index contributed by atoms with van der Waals surface area (Å²) in [4.78, 5) is 10.8. The van der Waals surface area contributed by atoms with Gasteiger partial charge in [-0.3, -0.25) is 4.79 Å². The van der Waals surface area contributed by atoms with Crippen LogP contribution in [0, 0.1) is 5.82 Å². The maximum absolute atomic E-state index is 13.1. The zero-order chi connectivity index (χ0) is 11.6. The van der Waals surface area contributed by atoms with Gasteiger partial charge >= 0.3 is 0 Å². The number of nitrogen functional groups attached to an aromatic ring is 1. The number of nitrogens with one attached hydrogen (secondary N) is 1. The minimum atomic E-state index is -0.632. The molecule has 1 unspecified atom stereocenters. The van der Waals surface area contributed by atoms with Gasteiger partial charge in [-0.1, -0.05) is 11.6 Å². The molecule has 82 valence electrons. The number of carbonyl (C=O) groups is 1. The van der Waals surface area contributed by atoms with Crippen molar-refractivity contribution in [1.29, 1.82) is 0 Å². The molecule has 0 aromatic heterocycles. The summed E-state index contributed by atoms with van der Waals surface area (Å²) in [5, 5.41) is 2.61. The Labute approximate surface area is 91.4 Å². The molecule has 0 aliphatic heterocycles. The third-order valence-corrected chi connectivity index (χ3v) is 2.18. The maximum atomic E-state index is 13.1. The van der Waals surface area contributed by atoms with Crippen LogP contribution in [0.3, 0.4) is 0 Å². The Hall–Kier alpha value is -1.49. The Morgan fingerprint density at radius 1 is 1.60 bits per heavy atom. The zero-order valence-corrected chi connectivity index (χ0v) is 8.81. The van der Waals surface area contributed by atoms with Crippen LogP contribution in [0.5, 0.6) is 0 Å². The summed E-state index contributed by atoms with van der Waals surface area (Å²) in [5.41, 5.74) is 11.2. The molecule has 1 rings (SSSR count). The smallest absolute Gasteiger partial charge is 0.239 e. The second-order valence-electron chi connectivity index (χ2n) is 3.12. The fourth-order valence-electron chi connectivity index (χ4n) is 0.992. The quantitative estimate of drug-likeness (QED) is 0.687. The van der Waals surface area contributed by atoms with Gasteiger partial charge in [-0.2, -0.15) is 0 Å².